The van der Waals surface area contributed by atoms with Gasteiger partial charge in [-0.3, -0.25) is 39.2 Å². The summed E-state index contributed by atoms with van der Waals surface area (Å²) in [6.45, 7) is 7.47. The summed E-state index contributed by atoms with van der Waals surface area (Å²) in [6.07, 6.45) is 5.15. The van der Waals surface area contributed by atoms with E-state index < -0.39 is 17.7 Å². The number of benzene rings is 2. The van der Waals surface area contributed by atoms with E-state index in [0.717, 1.165) is 12.8 Å². The summed E-state index contributed by atoms with van der Waals surface area (Å²) in [6, 6.07) is 9.71. The lowest BCUT2D eigenvalue weighted by Gasteiger charge is -2.13. The van der Waals surface area contributed by atoms with Crippen molar-refractivity contribution in [2.45, 2.75) is 46.8 Å². The van der Waals surface area contributed by atoms with Crippen molar-refractivity contribution in [3.05, 3.63) is 82.5 Å². The average Bonchev–Trinajstić information content (AvgIpc) is 3.97. The molecule has 2 aromatic carbocycles. The smallest absolute Gasteiger partial charge is 0.276 e. The zero-order valence-electron chi connectivity index (χ0n) is 33.6. The summed E-state index contributed by atoms with van der Waals surface area (Å²) in [7, 11) is 6.50. The number of fused-ring (bicyclic) bond motifs is 2. The van der Waals surface area contributed by atoms with Crippen molar-refractivity contribution >= 4 is 58.0 Å². The fraction of sp³-hybridized carbons (Fsp3) is 0.333. The molecular formula is C39H49N13O6. The van der Waals surface area contributed by atoms with Crippen LogP contribution in [0.2, 0.25) is 0 Å². The molecular weight excluding hydrogens is 747 g/mol. The molecule has 58 heavy (non-hydrogen) atoms. The van der Waals surface area contributed by atoms with Crippen molar-refractivity contribution < 1.29 is 28.7 Å². The van der Waals surface area contributed by atoms with E-state index in [9.17, 15) is 19.2 Å². The van der Waals surface area contributed by atoms with E-state index >= 15 is 0 Å². The van der Waals surface area contributed by atoms with Gasteiger partial charge >= 0.3 is 0 Å². The van der Waals surface area contributed by atoms with Crippen molar-refractivity contribution in [1.29, 1.82) is 0 Å². The highest BCUT2D eigenvalue weighted by molar-refractivity contribution is 6.05. The van der Waals surface area contributed by atoms with Crippen LogP contribution >= 0.6 is 0 Å². The van der Waals surface area contributed by atoms with Crippen LogP contribution in [0.25, 0.3) is 22.1 Å². The number of aryl methyl sites for hydroxylation is 4. The van der Waals surface area contributed by atoms with Crippen LogP contribution in [0.3, 0.4) is 0 Å². The second kappa shape index (κ2) is 18.9. The summed E-state index contributed by atoms with van der Waals surface area (Å²) in [5, 5.41) is 17.6. The minimum absolute atomic E-state index is 0.190. The number of nitrogens with two attached hydrogens (primary N) is 2. The van der Waals surface area contributed by atoms with Gasteiger partial charge in [-0.05, 0) is 84.2 Å². The fourth-order valence-electron chi connectivity index (χ4n) is 6.42. The van der Waals surface area contributed by atoms with Crippen molar-refractivity contribution in [1.82, 2.24) is 44.0 Å². The molecule has 4 aromatic heterocycles. The largest absolute Gasteiger partial charge is 0.494 e. The second-order valence-corrected chi connectivity index (χ2v) is 13.0. The Morgan fingerprint density at radius 1 is 0.828 bits per heavy atom. The van der Waals surface area contributed by atoms with Crippen LogP contribution in [0.1, 0.15) is 66.4 Å². The minimum Gasteiger partial charge on any atom is -0.494 e. The second-order valence-electron chi connectivity index (χ2n) is 13.0. The molecule has 19 heteroatoms. The van der Waals surface area contributed by atoms with Gasteiger partial charge in [-0.1, -0.05) is 12.2 Å². The number of primary amides is 1. The molecule has 6 aromatic rings. The number of nitrogens with zero attached hydrogens (tertiary/aromatic N) is 8. The molecule has 0 aliphatic heterocycles. The van der Waals surface area contributed by atoms with Crippen LogP contribution in [-0.2, 0) is 26.7 Å². The van der Waals surface area contributed by atoms with E-state index in [1.165, 1.54) is 24.9 Å². The number of imidazole rings is 2. The maximum atomic E-state index is 13.6. The number of nitrogens with one attached hydrogen (secondary N) is 3. The van der Waals surface area contributed by atoms with E-state index in [2.05, 4.69) is 36.9 Å². The lowest BCUT2D eigenvalue weighted by molar-refractivity contribution is 0.0994. The number of ether oxygens (including phenoxy) is 2. The SMILES string of the molecule is CCn1nc(C)cc1C(=O)Nc1nc2cc(C(N)=O)cc(OC)c2n1C/C=C/Cn1c(NC(=O)c2cc(C)nn2C)nc2cc(C=O)cc(OCCCNC)c21.CN. The summed E-state index contributed by atoms with van der Waals surface area (Å²) in [5.74, 6) is -0.327. The van der Waals surface area contributed by atoms with Gasteiger partial charge in [0.15, 0.2) is 0 Å². The highest BCUT2D eigenvalue weighted by Gasteiger charge is 2.23. The number of methoxy groups -OCH3 is 1. The van der Waals surface area contributed by atoms with Crippen LogP contribution in [0.5, 0.6) is 11.5 Å². The average molecular weight is 796 g/mol. The Morgan fingerprint density at radius 2 is 1.41 bits per heavy atom. The minimum atomic E-state index is -0.660. The third-order valence-corrected chi connectivity index (χ3v) is 8.97. The summed E-state index contributed by atoms with van der Waals surface area (Å²) >= 11 is 0. The molecule has 0 saturated carbocycles. The molecule has 306 valence electrons. The zero-order chi connectivity index (χ0) is 42.1. The molecule has 0 aliphatic rings. The van der Waals surface area contributed by atoms with E-state index in [1.54, 1.807) is 65.0 Å². The third kappa shape index (κ3) is 9.06. The maximum Gasteiger partial charge on any atom is 0.276 e. The van der Waals surface area contributed by atoms with E-state index in [4.69, 9.17) is 20.2 Å². The quantitative estimate of drug-likeness (QED) is 0.0508. The Labute approximate surface area is 334 Å². The monoisotopic (exact) mass is 795 g/mol. The molecule has 7 N–H and O–H groups in total. The Hall–Kier alpha value is -6.86. The van der Waals surface area contributed by atoms with Gasteiger partial charge in [-0.25, -0.2) is 9.97 Å². The first kappa shape index (κ1) is 42.3. The maximum absolute atomic E-state index is 13.6. The van der Waals surface area contributed by atoms with Crippen LogP contribution in [0.4, 0.5) is 11.9 Å². The lowest BCUT2D eigenvalue weighted by atomic mass is 10.1. The van der Waals surface area contributed by atoms with E-state index in [0.29, 0.717) is 81.5 Å². The molecule has 0 atom stereocenters. The van der Waals surface area contributed by atoms with Crippen molar-refractivity contribution in [2.75, 3.05) is 45.0 Å². The molecule has 4 heterocycles. The molecule has 0 saturated heterocycles. The Kier molecular flexibility index (Phi) is 13.7. The van der Waals surface area contributed by atoms with E-state index in [1.807, 2.05) is 26.1 Å². The standard InChI is InChI=1S/C38H44N12O6.CH5N/c1-7-50-29(16-23(3)46-50)36(54)44-38-42-27-19-25(34(39)52)20-30(55-6)32(27)48(38)12-8-9-13-49-33-26(17-24(21-51)18-31(33)56-14-10-11-40-4)41-37(49)43-35(53)28-15-22(2)45-47(28)5;1-2/h8-9,15-21,40H,7,10-14H2,1-6H3,(H2,39,52)(H,41,43,53)(H,42,44,54);2H2,1H3/b9-8+;. The summed E-state index contributed by atoms with van der Waals surface area (Å²) in [4.78, 5) is 60.6. The number of aromatic nitrogens is 8. The first-order valence-electron chi connectivity index (χ1n) is 18.5. The number of anilines is 2. The Balaban J connectivity index is 0.00000315. The van der Waals surface area contributed by atoms with Gasteiger partial charge in [0.05, 0.1) is 36.1 Å². The van der Waals surface area contributed by atoms with Gasteiger partial charge in [0.1, 0.15) is 40.2 Å². The fourth-order valence-corrected chi connectivity index (χ4v) is 6.42. The number of hydrogen-bond acceptors (Lipinski definition) is 12. The highest BCUT2D eigenvalue weighted by Crippen LogP contribution is 2.33. The number of amides is 3. The van der Waals surface area contributed by atoms with Crippen molar-refractivity contribution in [3.63, 3.8) is 0 Å². The van der Waals surface area contributed by atoms with E-state index in [-0.39, 0.29) is 30.5 Å². The van der Waals surface area contributed by atoms with Crippen LogP contribution in [-0.4, -0.2) is 97.0 Å². The number of hydrogen-bond donors (Lipinski definition) is 5. The first-order chi connectivity index (χ1) is 28.0. The predicted molar refractivity (Wildman–Crippen MR) is 220 cm³/mol. The number of rotatable bonds is 17. The Morgan fingerprint density at radius 3 is 1.97 bits per heavy atom. The third-order valence-electron chi connectivity index (χ3n) is 8.97. The number of allylic oxidation sites excluding steroid dienone is 2. The summed E-state index contributed by atoms with van der Waals surface area (Å²) < 4.78 is 18.5. The number of aldehydes is 1. The van der Waals surface area contributed by atoms with Crippen molar-refractivity contribution in [3.8, 4) is 11.5 Å². The van der Waals surface area contributed by atoms with Gasteiger partial charge in [-0.2, -0.15) is 10.2 Å². The number of carbonyl (C=O) groups excluding carboxylic acids is 4. The Bertz CT molecular complexity index is 2490. The summed E-state index contributed by atoms with van der Waals surface area (Å²) in [5.41, 5.74) is 14.6. The molecule has 0 aliphatic carbocycles. The van der Waals surface area contributed by atoms with Gasteiger partial charge in [-0.15, -0.1) is 0 Å². The molecule has 3 amide bonds. The van der Waals surface area contributed by atoms with Crippen LogP contribution in [0.15, 0.2) is 48.6 Å². The molecule has 0 fully saturated rings. The molecule has 6 rings (SSSR count). The molecule has 19 nitrogen and oxygen atoms in total. The van der Waals surface area contributed by atoms with Crippen LogP contribution in [0, 0.1) is 13.8 Å². The molecule has 0 radical (unpaired) electrons. The molecule has 0 spiro atoms. The van der Waals surface area contributed by atoms with Gasteiger partial charge < -0.3 is 35.4 Å². The van der Waals surface area contributed by atoms with Crippen LogP contribution < -0.4 is 36.9 Å². The lowest BCUT2D eigenvalue weighted by Crippen LogP contribution is -2.20. The normalized spacial score (nSPS) is 11.2. The van der Waals surface area contributed by atoms with Crippen molar-refractivity contribution in [2.24, 2.45) is 18.5 Å². The highest BCUT2D eigenvalue weighted by atomic mass is 16.5. The van der Waals surface area contributed by atoms with Gasteiger partial charge in [0, 0.05) is 37.8 Å². The molecule has 0 bridgehead atoms. The molecule has 0 unspecified atom stereocenters. The topological polar surface area (TPSA) is 246 Å². The zero-order valence-corrected chi connectivity index (χ0v) is 33.6. The predicted octanol–water partition coefficient (Wildman–Crippen LogP) is 3.20. The first-order valence-corrected chi connectivity index (χ1v) is 18.5. The van der Waals surface area contributed by atoms with Gasteiger partial charge in [0.2, 0.25) is 17.8 Å². The van der Waals surface area contributed by atoms with Gasteiger partial charge in [0.25, 0.3) is 11.8 Å². The number of carbonyl (C=O) groups is 4.